The number of aliphatic imine (C=N–C) groups is 1. The summed E-state index contributed by atoms with van der Waals surface area (Å²) in [5.74, 6) is -2.24. The van der Waals surface area contributed by atoms with E-state index in [9.17, 15) is 22.8 Å². The van der Waals surface area contributed by atoms with Crippen molar-refractivity contribution in [3.63, 3.8) is 0 Å². The number of rotatable bonds is 4. The quantitative estimate of drug-likeness (QED) is 0.539. The molecular formula is C27H27F3N4O3. The first-order chi connectivity index (χ1) is 17.6. The van der Waals surface area contributed by atoms with Crippen LogP contribution in [0.4, 0.5) is 13.2 Å². The summed E-state index contributed by atoms with van der Waals surface area (Å²) >= 11 is 0. The van der Waals surface area contributed by atoms with Gasteiger partial charge in [-0.15, -0.1) is 0 Å². The molecule has 0 spiro atoms. The highest BCUT2D eigenvalue weighted by Gasteiger charge is 2.44. The number of hydrogen-bond acceptors (Lipinski definition) is 5. The van der Waals surface area contributed by atoms with Gasteiger partial charge in [0.1, 0.15) is 17.4 Å². The van der Waals surface area contributed by atoms with E-state index >= 15 is 0 Å². The van der Waals surface area contributed by atoms with Gasteiger partial charge in [-0.1, -0.05) is 24.3 Å². The lowest BCUT2D eigenvalue weighted by atomic mass is 9.91. The van der Waals surface area contributed by atoms with Crippen molar-refractivity contribution in [1.29, 1.82) is 0 Å². The van der Waals surface area contributed by atoms with E-state index in [2.05, 4.69) is 20.9 Å². The van der Waals surface area contributed by atoms with Crippen LogP contribution in [0.2, 0.25) is 0 Å². The Balaban J connectivity index is 1.46. The maximum Gasteiger partial charge on any atom is 0.435 e. The summed E-state index contributed by atoms with van der Waals surface area (Å²) in [6.07, 6.45) is -2.55. The Morgan fingerprint density at radius 3 is 2.19 bits per heavy atom. The monoisotopic (exact) mass is 512 g/mol. The highest BCUT2D eigenvalue weighted by Crippen LogP contribution is 2.43. The maximum absolute atomic E-state index is 13.7. The van der Waals surface area contributed by atoms with Crippen molar-refractivity contribution < 1.29 is 27.5 Å². The zero-order valence-corrected chi connectivity index (χ0v) is 20.4. The molecule has 2 aromatic rings. The average Bonchev–Trinajstić information content (AvgIpc) is 2.84. The van der Waals surface area contributed by atoms with Crippen LogP contribution >= 0.6 is 0 Å². The SMILES string of the molecule is Cc1ccc2c(c1)Oc1cc(C)ccc1C2NC(=O)C1C=C(NC2CCNCC2)C(C(F)(F)F)=NC1=O. The lowest BCUT2D eigenvalue weighted by Crippen LogP contribution is -2.46. The van der Waals surface area contributed by atoms with Crippen molar-refractivity contribution in [1.82, 2.24) is 16.0 Å². The molecule has 1 atom stereocenters. The van der Waals surface area contributed by atoms with Gasteiger partial charge in [-0.3, -0.25) is 9.59 Å². The molecule has 3 heterocycles. The molecule has 2 aromatic carbocycles. The molecule has 194 valence electrons. The van der Waals surface area contributed by atoms with E-state index in [0.717, 1.165) is 17.2 Å². The van der Waals surface area contributed by atoms with Crippen molar-refractivity contribution in [2.75, 3.05) is 13.1 Å². The second kappa shape index (κ2) is 9.66. The molecule has 10 heteroatoms. The Kier molecular flexibility index (Phi) is 6.53. The molecule has 0 radical (unpaired) electrons. The van der Waals surface area contributed by atoms with Gasteiger partial charge in [0.05, 0.1) is 11.7 Å². The van der Waals surface area contributed by atoms with Crippen LogP contribution < -0.4 is 20.7 Å². The number of benzene rings is 2. The number of halogens is 3. The third kappa shape index (κ3) is 5.11. The normalized spacial score (nSPS) is 20.2. The number of piperidine rings is 1. The van der Waals surface area contributed by atoms with Gasteiger partial charge in [0.15, 0.2) is 5.71 Å². The van der Waals surface area contributed by atoms with E-state index in [1.807, 2.05) is 50.2 Å². The molecule has 5 rings (SSSR count). The summed E-state index contributed by atoms with van der Waals surface area (Å²) in [4.78, 5) is 29.4. The van der Waals surface area contributed by atoms with Crippen molar-refractivity contribution in [2.24, 2.45) is 10.9 Å². The zero-order chi connectivity index (χ0) is 26.3. The molecule has 3 aliphatic rings. The Bertz CT molecular complexity index is 1260. The fourth-order valence-corrected chi connectivity index (χ4v) is 4.87. The summed E-state index contributed by atoms with van der Waals surface area (Å²) in [5.41, 5.74) is 1.68. The van der Waals surface area contributed by atoms with Gasteiger partial charge in [0.25, 0.3) is 5.91 Å². The number of ether oxygens (including phenoxy) is 1. The maximum atomic E-state index is 13.7. The smallest absolute Gasteiger partial charge is 0.435 e. The highest BCUT2D eigenvalue weighted by molar-refractivity contribution is 6.17. The topological polar surface area (TPSA) is 91.8 Å². The molecular weight excluding hydrogens is 485 g/mol. The molecule has 3 N–H and O–H groups in total. The first-order valence-corrected chi connectivity index (χ1v) is 12.2. The van der Waals surface area contributed by atoms with Gasteiger partial charge in [0, 0.05) is 17.2 Å². The second-order valence-electron chi connectivity index (χ2n) is 9.65. The van der Waals surface area contributed by atoms with Gasteiger partial charge in [-0.25, -0.2) is 4.99 Å². The van der Waals surface area contributed by atoms with Crippen LogP contribution in [0, 0.1) is 19.8 Å². The number of dihydropyridines is 1. The van der Waals surface area contributed by atoms with E-state index in [-0.39, 0.29) is 11.7 Å². The molecule has 0 saturated carbocycles. The largest absolute Gasteiger partial charge is 0.457 e. The zero-order valence-electron chi connectivity index (χ0n) is 20.4. The molecule has 0 bridgehead atoms. The standard InChI is InChI=1S/C27H27F3N4O3/c1-14-3-5-17-21(11-14)37-22-12-15(2)4-6-18(22)23(17)33-25(35)19-13-20(32-16-7-9-31-10-8-16)24(27(28,29)30)34-26(19)36/h3-6,11-13,16,19,23,31-32H,7-10H2,1-2H3,(H,33,35). The molecule has 3 aliphatic heterocycles. The van der Waals surface area contributed by atoms with Crippen LogP contribution in [-0.4, -0.2) is 42.8 Å². The second-order valence-corrected chi connectivity index (χ2v) is 9.65. The van der Waals surface area contributed by atoms with Crippen LogP contribution in [0.15, 0.2) is 53.2 Å². The van der Waals surface area contributed by atoms with Gasteiger partial charge in [-0.2, -0.15) is 13.2 Å². The van der Waals surface area contributed by atoms with E-state index in [1.165, 1.54) is 0 Å². The minimum Gasteiger partial charge on any atom is -0.457 e. The molecule has 7 nitrogen and oxygen atoms in total. The van der Waals surface area contributed by atoms with Crippen molar-refractivity contribution in [2.45, 2.75) is 44.9 Å². The van der Waals surface area contributed by atoms with Gasteiger partial charge in [-0.05, 0) is 69.1 Å². The van der Waals surface area contributed by atoms with Crippen LogP contribution in [0.5, 0.6) is 11.5 Å². The van der Waals surface area contributed by atoms with E-state index in [0.29, 0.717) is 48.6 Å². The minimum atomic E-state index is -4.84. The average molecular weight is 513 g/mol. The van der Waals surface area contributed by atoms with Crippen molar-refractivity contribution in [3.8, 4) is 11.5 Å². The number of carbonyl (C=O) groups excluding carboxylic acids is 2. The van der Waals surface area contributed by atoms with E-state index in [4.69, 9.17) is 4.74 Å². The summed E-state index contributed by atoms with van der Waals surface area (Å²) in [7, 11) is 0. The van der Waals surface area contributed by atoms with Crippen molar-refractivity contribution in [3.05, 3.63) is 70.4 Å². The highest BCUT2D eigenvalue weighted by atomic mass is 19.4. The number of fused-ring (bicyclic) bond motifs is 2. The van der Waals surface area contributed by atoms with Crippen LogP contribution in [0.3, 0.4) is 0 Å². The number of nitrogens with one attached hydrogen (secondary N) is 3. The molecule has 2 amide bonds. The number of carbonyl (C=O) groups is 2. The lowest BCUT2D eigenvalue weighted by Gasteiger charge is -2.31. The molecule has 1 fully saturated rings. The van der Waals surface area contributed by atoms with E-state index < -0.39 is 35.7 Å². The number of aryl methyl sites for hydroxylation is 2. The molecule has 1 unspecified atom stereocenters. The minimum absolute atomic E-state index is 0.224. The number of hydrogen-bond donors (Lipinski definition) is 3. The lowest BCUT2D eigenvalue weighted by molar-refractivity contribution is -0.132. The summed E-state index contributed by atoms with van der Waals surface area (Å²) in [6.45, 7) is 5.16. The van der Waals surface area contributed by atoms with Crippen LogP contribution in [-0.2, 0) is 9.59 Å². The predicted molar refractivity (Wildman–Crippen MR) is 132 cm³/mol. The molecule has 0 aromatic heterocycles. The van der Waals surface area contributed by atoms with Gasteiger partial charge >= 0.3 is 6.18 Å². The van der Waals surface area contributed by atoms with Crippen LogP contribution in [0.25, 0.3) is 0 Å². The summed E-state index contributed by atoms with van der Waals surface area (Å²) in [5, 5.41) is 8.92. The molecule has 0 aliphatic carbocycles. The molecule has 37 heavy (non-hydrogen) atoms. The van der Waals surface area contributed by atoms with Gasteiger partial charge in [0.2, 0.25) is 5.91 Å². The number of nitrogens with zero attached hydrogens (tertiary/aromatic N) is 1. The Morgan fingerprint density at radius 1 is 1.03 bits per heavy atom. The van der Waals surface area contributed by atoms with E-state index in [1.54, 1.807) is 0 Å². The van der Waals surface area contributed by atoms with Crippen molar-refractivity contribution >= 4 is 17.5 Å². The fourth-order valence-electron chi connectivity index (χ4n) is 4.87. The summed E-state index contributed by atoms with van der Waals surface area (Å²) < 4.78 is 47.3. The fraction of sp³-hybridized carbons (Fsp3) is 0.370. The Labute approximate surface area is 212 Å². The molecule has 1 saturated heterocycles. The first kappa shape index (κ1) is 25.0. The predicted octanol–water partition coefficient (Wildman–Crippen LogP) is 4.00. The van der Waals surface area contributed by atoms with Gasteiger partial charge < -0.3 is 20.7 Å². The van der Waals surface area contributed by atoms with Crippen LogP contribution in [0.1, 0.15) is 41.1 Å². The number of allylic oxidation sites excluding steroid dienone is 1. The Hall–Kier alpha value is -3.66. The number of amides is 2. The Morgan fingerprint density at radius 2 is 1.62 bits per heavy atom. The third-order valence-corrected chi connectivity index (χ3v) is 6.79. The third-order valence-electron chi connectivity index (χ3n) is 6.79. The number of alkyl halides is 3. The first-order valence-electron chi connectivity index (χ1n) is 12.2. The summed E-state index contributed by atoms with van der Waals surface area (Å²) in [6, 6.07) is 10.3.